The zero-order valence-electron chi connectivity index (χ0n) is 7.22. The Balaban J connectivity index is 2.45. The van der Waals surface area contributed by atoms with E-state index in [0.29, 0.717) is 25.7 Å². The molecule has 13 heavy (non-hydrogen) atoms. The number of hydrogen-bond donors (Lipinski definition) is 2. The quantitative estimate of drug-likeness (QED) is 0.668. The number of nitrogens with two attached hydrogens (primary N) is 1. The summed E-state index contributed by atoms with van der Waals surface area (Å²) in [6.45, 7) is 0. The van der Waals surface area contributed by atoms with Crippen molar-refractivity contribution in [2.24, 2.45) is 11.7 Å². The summed E-state index contributed by atoms with van der Waals surface area (Å²) < 4.78 is 36.1. The van der Waals surface area contributed by atoms with Crippen LogP contribution in [-0.4, -0.2) is 23.4 Å². The van der Waals surface area contributed by atoms with Crippen molar-refractivity contribution in [2.75, 3.05) is 0 Å². The molecule has 0 spiro atoms. The molecule has 3 N–H and O–H groups in total. The van der Waals surface area contributed by atoms with E-state index in [-0.39, 0.29) is 6.04 Å². The second kappa shape index (κ2) is 3.84. The van der Waals surface area contributed by atoms with Crippen molar-refractivity contribution in [1.29, 1.82) is 0 Å². The molecule has 2 nitrogen and oxygen atoms in total. The molecule has 1 rings (SSSR count). The van der Waals surface area contributed by atoms with Crippen LogP contribution in [0.3, 0.4) is 0 Å². The van der Waals surface area contributed by atoms with Gasteiger partial charge in [-0.3, -0.25) is 0 Å². The third-order valence-corrected chi connectivity index (χ3v) is 2.60. The summed E-state index contributed by atoms with van der Waals surface area (Å²) in [5.41, 5.74) is 5.54. The van der Waals surface area contributed by atoms with E-state index in [1.54, 1.807) is 0 Å². The lowest BCUT2D eigenvalue weighted by molar-refractivity contribution is -0.222. The van der Waals surface area contributed by atoms with Gasteiger partial charge in [-0.25, -0.2) is 0 Å². The molecule has 78 valence electrons. The zero-order chi connectivity index (χ0) is 10.1. The van der Waals surface area contributed by atoms with Gasteiger partial charge in [0.25, 0.3) is 0 Å². The Hall–Kier alpha value is -0.290. The summed E-state index contributed by atoms with van der Waals surface area (Å²) in [4.78, 5) is 0. The maximum absolute atomic E-state index is 12.0. The van der Waals surface area contributed by atoms with Crippen LogP contribution in [0.15, 0.2) is 0 Å². The monoisotopic (exact) mass is 197 g/mol. The molecule has 0 radical (unpaired) electrons. The van der Waals surface area contributed by atoms with Crippen LogP contribution in [-0.2, 0) is 0 Å². The first-order chi connectivity index (χ1) is 5.91. The fourth-order valence-corrected chi connectivity index (χ4v) is 1.73. The summed E-state index contributed by atoms with van der Waals surface area (Å²) in [5, 5.41) is 8.93. The van der Waals surface area contributed by atoms with Crippen molar-refractivity contribution < 1.29 is 18.3 Å². The Bertz CT molecular complexity index is 163. The van der Waals surface area contributed by atoms with E-state index in [1.165, 1.54) is 0 Å². The normalized spacial score (nSPS) is 33.0. The van der Waals surface area contributed by atoms with Crippen LogP contribution in [0.4, 0.5) is 13.2 Å². The molecule has 1 fully saturated rings. The predicted molar refractivity (Wildman–Crippen MR) is 42.0 cm³/mol. The van der Waals surface area contributed by atoms with Crippen LogP contribution in [0, 0.1) is 5.92 Å². The molecule has 0 bridgehead atoms. The van der Waals surface area contributed by atoms with Crippen molar-refractivity contribution in [3.8, 4) is 0 Å². The Labute approximate surface area is 74.9 Å². The largest absolute Gasteiger partial charge is 0.414 e. The minimum atomic E-state index is -4.48. The molecule has 0 aromatic carbocycles. The fraction of sp³-hybridized carbons (Fsp3) is 1.00. The Kier molecular flexibility index (Phi) is 3.18. The van der Waals surface area contributed by atoms with Gasteiger partial charge >= 0.3 is 6.18 Å². The van der Waals surface area contributed by atoms with Crippen molar-refractivity contribution in [2.45, 2.75) is 44.0 Å². The molecule has 0 aromatic rings. The smallest absolute Gasteiger partial charge is 0.383 e. The molecule has 1 saturated carbocycles. The van der Waals surface area contributed by atoms with Gasteiger partial charge in [0.1, 0.15) is 0 Å². The van der Waals surface area contributed by atoms with Crippen molar-refractivity contribution in [3.63, 3.8) is 0 Å². The maximum Gasteiger partial charge on any atom is 0.414 e. The molecule has 0 unspecified atom stereocenters. The van der Waals surface area contributed by atoms with Crippen LogP contribution in [0.1, 0.15) is 25.7 Å². The molecular weight excluding hydrogens is 183 g/mol. The number of aliphatic hydroxyl groups excluding tert-OH is 1. The molecule has 0 heterocycles. The first kappa shape index (κ1) is 10.8. The van der Waals surface area contributed by atoms with Gasteiger partial charge in [0.05, 0.1) is 0 Å². The van der Waals surface area contributed by atoms with E-state index >= 15 is 0 Å². The van der Waals surface area contributed by atoms with E-state index in [1.807, 2.05) is 0 Å². The average Bonchev–Trinajstić information content (AvgIpc) is 2.03. The Morgan fingerprint density at radius 1 is 1.15 bits per heavy atom. The summed E-state index contributed by atoms with van der Waals surface area (Å²) in [7, 11) is 0. The van der Waals surface area contributed by atoms with Crippen molar-refractivity contribution >= 4 is 0 Å². The molecule has 0 aliphatic heterocycles. The van der Waals surface area contributed by atoms with Crippen LogP contribution in [0.5, 0.6) is 0 Å². The topological polar surface area (TPSA) is 46.2 Å². The zero-order valence-corrected chi connectivity index (χ0v) is 7.22. The van der Waals surface area contributed by atoms with Crippen molar-refractivity contribution in [1.82, 2.24) is 0 Å². The summed E-state index contributed by atoms with van der Waals surface area (Å²) >= 11 is 0. The highest BCUT2D eigenvalue weighted by molar-refractivity contribution is 4.82. The summed E-state index contributed by atoms with van der Waals surface area (Å²) in [6.07, 6.45) is -4.73. The van der Waals surface area contributed by atoms with Crippen LogP contribution in [0.2, 0.25) is 0 Å². The lowest BCUT2D eigenvalue weighted by Crippen LogP contribution is -2.39. The highest BCUT2D eigenvalue weighted by Gasteiger charge is 2.43. The third kappa shape index (κ3) is 2.84. The average molecular weight is 197 g/mol. The standard InChI is InChI=1S/C8H14F3NO/c9-8(10,11)7(13)5-1-3-6(12)4-2-5/h5-7,13H,1-4,12H2/t5-,6-,7-/m1/s1. The molecular formula is C8H14F3NO. The fourth-order valence-electron chi connectivity index (χ4n) is 1.73. The minimum absolute atomic E-state index is 0.0108. The first-order valence-corrected chi connectivity index (χ1v) is 4.41. The first-order valence-electron chi connectivity index (χ1n) is 4.41. The molecule has 0 saturated heterocycles. The number of alkyl halides is 3. The predicted octanol–water partition coefficient (Wildman–Crippen LogP) is 1.43. The van der Waals surface area contributed by atoms with Gasteiger partial charge in [-0.1, -0.05) is 0 Å². The lowest BCUT2D eigenvalue weighted by Gasteiger charge is -2.30. The highest BCUT2D eigenvalue weighted by Crippen LogP contribution is 2.33. The van der Waals surface area contributed by atoms with Crippen LogP contribution in [0.25, 0.3) is 0 Å². The number of halogens is 3. The second-order valence-corrected chi connectivity index (χ2v) is 3.66. The Morgan fingerprint density at radius 2 is 1.62 bits per heavy atom. The van der Waals surface area contributed by atoms with E-state index in [9.17, 15) is 13.2 Å². The molecule has 0 amide bonds. The van der Waals surface area contributed by atoms with Crippen molar-refractivity contribution in [3.05, 3.63) is 0 Å². The SMILES string of the molecule is N[C@H]1CC[C@H]([C@@H](O)C(F)(F)F)CC1. The van der Waals surface area contributed by atoms with Gasteiger partial charge in [-0.2, -0.15) is 13.2 Å². The van der Waals surface area contributed by atoms with E-state index in [4.69, 9.17) is 10.8 Å². The number of rotatable bonds is 1. The van der Waals surface area contributed by atoms with Crippen LogP contribution < -0.4 is 5.73 Å². The highest BCUT2D eigenvalue weighted by atomic mass is 19.4. The van der Waals surface area contributed by atoms with Crippen LogP contribution >= 0.6 is 0 Å². The minimum Gasteiger partial charge on any atom is -0.383 e. The van der Waals surface area contributed by atoms with E-state index < -0.39 is 18.2 Å². The summed E-state index contributed by atoms with van der Waals surface area (Å²) in [6, 6.07) is 0.0108. The van der Waals surface area contributed by atoms with E-state index in [2.05, 4.69) is 0 Å². The van der Waals surface area contributed by atoms with Gasteiger partial charge in [0, 0.05) is 6.04 Å². The third-order valence-electron chi connectivity index (χ3n) is 2.60. The van der Waals surface area contributed by atoms with Gasteiger partial charge < -0.3 is 10.8 Å². The van der Waals surface area contributed by atoms with Gasteiger partial charge in [0.2, 0.25) is 0 Å². The summed E-state index contributed by atoms with van der Waals surface area (Å²) in [5.74, 6) is -0.653. The second-order valence-electron chi connectivity index (χ2n) is 3.66. The van der Waals surface area contributed by atoms with E-state index in [0.717, 1.165) is 0 Å². The van der Waals surface area contributed by atoms with Gasteiger partial charge in [0.15, 0.2) is 6.10 Å². The lowest BCUT2D eigenvalue weighted by atomic mass is 9.83. The molecule has 0 aromatic heterocycles. The maximum atomic E-state index is 12.0. The van der Waals surface area contributed by atoms with Gasteiger partial charge in [-0.15, -0.1) is 0 Å². The molecule has 1 atom stereocenters. The Morgan fingerprint density at radius 3 is 2.00 bits per heavy atom. The molecule has 1 aliphatic rings. The van der Waals surface area contributed by atoms with Gasteiger partial charge in [-0.05, 0) is 31.6 Å². The number of aliphatic hydroxyl groups is 1. The molecule has 5 heteroatoms. The number of hydrogen-bond acceptors (Lipinski definition) is 2. The molecule has 1 aliphatic carbocycles.